The molecule has 1 rings (SSSR count). The average Bonchev–Trinajstić information content (AvgIpc) is 2.18. The van der Waals surface area contributed by atoms with Crippen molar-refractivity contribution >= 4 is 17.7 Å². The number of likely N-dealkylation sites (tertiary alicyclic amines) is 1. The minimum atomic E-state index is -3.15. The zero-order valence-electron chi connectivity index (χ0n) is 8.00. The number of hydrogen-bond donors (Lipinski definition) is 1. The number of likely N-dealkylation sites (N-methyl/N-ethyl adjacent to an activating group) is 1. The summed E-state index contributed by atoms with van der Waals surface area (Å²) < 4.78 is 23.8. The lowest BCUT2D eigenvalue weighted by Gasteiger charge is -2.27. The van der Waals surface area contributed by atoms with Crippen molar-refractivity contribution in [2.45, 2.75) is 25.3 Å². The molecule has 1 aliphatic rings. The fourth-order valence-corrected chi connectivity index (χ4v) is 1.28. The highest BCUT2D eigenvalue weighted by Gasteiger charge is 2.33. The average molecular weight is 220 g/mol. The summed E-state index contributed by atoms with van der Waals surface area (Å²) in [5.74, 6) is -2.51. The van der Waals surface area contributed by atoms with Crippen LogP contribution in [0.5, 0.6) is 0 Å². The molecule has 1 N–H and O–H groups in total. The molecule has 15 heavy (non-hydrogen) atoms. The first kappa shape index (κ1) is 11.5. The molecule has 0 saturated carbocycles. The zero-order chi connectivity index (χ0) is 11.6. The largest absolute Gasteiger partial charge is 0.339 e. The van der Waals surface area contributed by atoms with E-state index < -0.39 is 24.3 Å². The predicted octanol–water partition coefficient (Wildman–Crippen LogP) is -0.485. The molecule has 0 aromatic heterocycles. The third-order valence-electron chi connectivity index (χ3n) is 2.16. The van der Waals surface area contributed by atoms with Gasteiger partial charge >= 0.3 is 6.43 Å². The van der Waals surface area contributed by atoms with Gasteiger partial charge < -0.3 is 5.32 Å². The van der Waals surface area contributed by atoms with Crippen molar-refractivity contribution in [2.75, 3.05) is 7.05 Å². The van der Waals surface area contributed by atoms with E-state index in [4.69, 9.17) is 0 Å². The van der Waals surface area contributed by atoms with Crippen LogP contribution in [0, 0.1) is 0 Å². The first-order chi connectivity index (χ1) is 6.93. The van der Waals surface area contributed by atoms with Crippen molar-refractivity contribution in [3.05, 3.63) is 0 Å². The lowest BCUT2D eigenvalue weighted by atomic mass is 10.0. The molecule has 0 spiro atoms. The van der Waals surface area contributed by atoms with E-state index in [0.717, 1.165) is 4.90 Å². The van der Waals surface area contributed by atoms with Crippen LogP contribution < -0.4 is 5.32 Å². The smallest absolute Gasteiger partial charge is 0.315 e. The molecule has 0 aromatic carbocycles. The second-order valence-electron chi connectivity index (χ2n) is 3.19. The van der Waals surface area contributed by atoms with Gasteiger partial charge in [-0.3, -0.25) is 19.3 Å². The van der Waals surface area contributed by atoms with Gasteiger partial charge in [-0.2, -0.15) is 8.78 Å². The van der Waals surface area contributed by atoms with Crippen LogP contribution in [-0.4, -0.2) is 42.1 Å². The van der Waals surface area contributed by atoms with Crippen molar-refractivity contribution in [3.63, 3.8) is 0 Å². The first-order valence-electron chi connectivity index (χ1n) is 4.32. The first-order valence-corrected chi connectivity index (χ1v) is 4.32. The van der Waals surface area contributed by atoms with Crippen molar-refractivity contribution in [3.8, 4) is 0 Å². The van der Waals surface area contributed by atoms with Crippen molar-refractivity contribution in [1.82, 2.24) is 10.2 Å². The van der Waals surface area contributed by atoms with Crippen LogP contribution in [0.2, 0.25) is 0 Å². The van der Waals surface area contributed by atoms with Gasteiger partial charge in [0.2, 0.25) is 5.91 Å². The summed E-state index contributed by atoms with van der Waals surface area (Å²) in [7, 11) is 1.26. The number of piperidine rings is 1. The fourth-order valence-electron chi connectivity index (χ4n) is 1.28. The third-order valence-corrected chi connectivity index (χ3v) is 2.16. The van der Waals surface area contributed by atoms with E-state index in [2.05, 4.69) is 0 Å². The molecular formula is C8H10F2N2O3. The molecule has 1 saturated heterocycles. The van der Waals surface area contributed by atoms with E-state index in [0.29, 0.717) is 0 Å². The number of carbonyl (C=O) groups is 3. The number of hydrogen-bond acceptors (Lipinski definition) is 3. The fraction of sp³-hybridized carbons (Fsp3) is 0.625. The molecule has 7 heteroatoms. The highest BCUT2D eigenvalue weighted by atomic mass is 19.3. The summed E-state index contributed by atoms with van der Waals surface area (Å²) in [4.78, 5) is 33.8. The van der Waals surface area contributed by atoms with Crippen molar-refractivity contribution in [1.29, 1.82) is 0 Å². The maximum absolute atomic E-state index is 11.9. The molecule has 84 valence electrons. The standard InChI is InChI=1S/C8H10F2N2O3/c1-12-5(13)3-2-4(8(12)15)11-7(14)6(9)10/h4,6H,2-3H2,1H3,(H,11,14). The molecule has 1 atom stereocenters. The van der Waals surface area contributed by atoms with Gasteiger partial charge in [0.15, 0.2) is 0 Å². The van der Waals surface area contributed by atoms with Crippen LogP contribution >= 0.6 is 0 Å². The summed E-state index contributed by atoms with van der Waals surface area (Å²) >= 11 is 0. The number of amides is 3. The molecule has 3 amide bonds. The Morgan fingerprint density at radius 2 is 2.13 bits per heavy atom. The maximum Gasteiger partial charge on any atom is 0.315 e. The van der Waals surface area contributed by atoms with Crippen LogP contribution in [0.1, 0.15) is 12.8 Å². The van der Waals surface area contributed by atoms with E-state index in [1.165, 1.54) is 7.05 Å². The van der Waals surface area contributed by atoms with Gasteiger partial charge in [0.05, 0.1) is 0 Å². The monoisotopic (exact) mass is 220 g/mol. The Hall–Kier alpha value is -1.53. The molecule has 0 aliphatic carbocycles. The molecular weight excluding hydrogens is 210 g/mol. The number of halogens is 2. The third kappa shape index (κ3) is 2.48. The van der Waals surface area contributed by atoms with E-state index in [9.17, 15) is 23.2 Å². The second kappa shape index (κ2) is 4.33. The Morgan fingerprint density at radius 1 is 1.53 bits per heavy atom. The zero-order valence-corrected chi connectivity index (χ0v) is 8.00. The summed E-state index contributed by atoms with van der Waals surface area (Å²) in [6, 6.07) is -1.02. The van der Waals surface area contributed by atoms with Gasteiger partial charge in [0.1, 0.15) is 6.04 Å². The highest BCUT2D eigenvalue weighted by Crippen LogP contribution is 2.11. The predicted molar refractivity (Wildman–Crippen MR) is 44.9 cm³/mol. The van der Waals surface area contributed by atoms with Gasteiger partial charge in [-0.1, -0.05) is 0 Å². The van der Waals surface area contributed by atoms with Crippen LogP contribution in [0.15, 0.2) is 0 Å². The Kier molecular flexibility index (Phi) is 3.33. The van der Waals surface area contributed by atoms with Crippen LogP contribution in [0.4, 0.5) is 8.78 Å². The van der Waals surface area contributed by atoms with Crippen LogP contribution in [0.3, 0.4) is 0 Å². The van der Waals surface area contributed by atoms with Crippen molar-refractivity contribution < 1.29 is 23.2 Å². The molecule has 0 aromatic rings. The van der Waals surface area contributed by atoms with Gasteiger partial charge in [-0.15, -0.1) is 0 Å². The Morgan fingerprint density at radius 3 is 2.67 bits per heavy atom. The summed E-state index contributed by atoms with van der Waals surface area (Å²) in [5, 5.41) is 1.89. The van der Waals surface area contributed by atoms with Gasteiger partial charge in [0, 0.05) is 13.5 Å². The van der Waals surface area contributed by atoms with E-state index in [1.807, 2.05) is 5.32 Å². The van der Waals surface area contributed by atoms with Gasteiger partial charge in [-0.05, 0) is 6.42 Å². The summed E-state index contributed by atoms with van der Waals surface area (Å²) in [6.07, 6.45) is -3.02. The highest BCUT2D eigenvalue weighted by molar-refractivity contribution is 6.01. The number of nitrogens with one attached hydrogen (secondary N) is 1. The van der Waals surface area contributed by atoms with Gasteiger partial charge in [-0.25, -0.2) is 0 Å². The van der Waals surface area contributed by atoms with Gasteiger partial charge in [0.25, 0.3) is 11.8 Å². The minimum Gasteiger partial charge on any atom is -0.339 e. The van der Waals surface area contributed by atoms with Crippen LogP contribution in [0.25, 0.3) is 0 Å². The summed E-state index contributed by atoms with van der Waals surface area (Å²) in [5.41, 5.74) is 0. The topological polar surface area (TPSA) is 66.5 Å². The molecule has 0 bridgehead atoms. The molecule has 5 nitrogen and oxygen atoms in total. The molecule has 0 radical (unpaired) electrons. The normalized spacial score (nSPS) is 22.1. The molecule has 1 aliphatic heterocycles. The Labute approximate surface area is 84.4 Å². The minimum absolute atomic E-state index is 0.0659. The SMILES string of the molecule is CN1C(=O)CCC(NC(=O)C(F)F)C1=O. The second-order valence-corrected chi connectivity index (χ2v) is 3.19. The quantitative estimate of drug-likeness (QED) is 0.639. The van der Waals surface area contributed by atoms with Crippen molar-refractivity contribution in [2.24, 2.45) is 0 Å². The lowest BCUT2D eigenvalue weighted by molar-refractivity contribution is -0.150. The Balaban J connectivity index is 2.61. The van der Waals surface area contributed by atoms with Crippen LogP contribution in [-0.2, 0) is 14.4 Å². The number of imide groups is 1. The number of rotatable bonds is 2. The number of carbonyl (C=O) groups excluding carboxylic acids is 3. The lowest BCUT2D eigenvalue weighted by Crippen LogP contribution is -2.53. The molecule has 1 fully saturated rings. The molecule has 1 unspecified atom stereocenters. The Bertz CT molecular complexity index is 306. The maximum atomic E-state index is 11.9. The van der Waals surface area contributed by atoms with E-state index in [1.54, 1.807) is 0 Å². The number of nitrogens with zero attached hydrogens (tertiary/aromatic N) is 1. The van der Waals surface area contributed by atoms with E-state index in [-0.39, 0.29) is 18.7 Å². The number of alkyl halides is 2. The van der Waals surface area contributed by atoms with E-state index >= 15 is 0 Å². The summed E-state index contributed by atoms with van der Waals surface area (Å²) in [6.45, 7) is 0. The molecule has 1 heterocycles.